The lowest BCUT2D eigenvalue weighted by molar-refractivity contribution is 0.0600. The summed E-state index contributed by atoms with van der Waals surface area (Å²) in [6, 6.07) is 4.06. The Bertz CT molecular complexity index is 928. The molecule has 3 rings (SSSR count). The van der Waals surface area contributed by atoms with E-state index in [0.717, 1.165) is 0 Å². The molecule has 0 spiro atoms. The Morgan fingerprint density at radius 2 is 2.21 bits per heavy atom. The van der Waals surface area contributed by atoms with E-state index in [1.165, 1.54) is 31.6 Å². The molecule has 24 heavy (non-hydrogen) atoms. The monoisotopic (exact) mass is 393 g/mol. The molecule has 0 radical (unpaired) electrons. The minimum Gasteiger partial charge on any atom is -0.465 e. The molecule has 7 nitrogen and oxygen atoms in total. The summed E-state index contributed by atoms with van der Waals surface area (Å²) in [6.07, 6.45) is 1.40. The lowest BCUT2D eigenvalue weighted by Crippen LogP contribution is -2.07. The zero-order valence-corrected chi connectivity index (χ0v) is 14.5. The summed E-state index contributed by atoms with van der Waals surface area (Å²) in [4.78, 5) is 19.9. The number of esters is 1. The quantitative estimate of drug-likeness (QED) is 0.686. The highest BCUT2D eigenvalue weighted by Crippen LogP contribution is 2.27. The first kappa shape index (κ1) is 16.3. The molecule has 0 aliphatic carbocycles. The fourth-order valence-electron chi connectivity index (χ4n) is 2.31. The molecule has 0 saturated heterocycles. The van der Waals surface area contributed by atoms with Crippen LogP contribution < -0.4 is 5.32 Å². The predicted octanol–water partition coefficient (Wildman–Crippen LogP) is 2.66. The van der Waals surface area contributed by atoms with Crippen LogP contribution in [0, 0.1) is 5.82 Å². The van der Waals surface area contributed by atoms with Crippen LogP contribution in [0.3, 0.4) is 0 Å². The molecule has 9 heteroatoms. The number of nitrogens with one attached hydrogen (secondary N) is 1. The van der Waals surface area contributed by atoms with Gasteiger partial charge in [0.25, 0.3) is 0 Å². The van der Waals surface area contributed by atoms with Gasteiger partial charge in [-0.25, -0.2) is 23.8 Å². The summed E-state index contributed by atoms with van der Waals surface area (Å²) in [5.41, 5.74) is 1.25. The Morgan fingerprint density at radius 3 is 2.96 bits per heavy atom. The minimum atomic E-state index is -0.518. The van der Waals surface area contributed by atoms with Gasteiger partial charge in [-0.3, -0.25) is 0 Å². The van der Waals surface area contributed by atoms with Gasteiger partial charge >= 0.3 is 5.97 Å². The number of benzene rings is 1. The third-order valence-corrected chi connectivity index (χ3v) is 4.05. The smallest absolute Gasteiger partial charge is 0.337 e. The molecule has 1 N–H and O–H groups in total. The second kappa shape index (κ2) is 6.52. The number of rotatable bonds is 4. The average molecular weight is 394 g/mol. The molecule has 0 bridgehead atoms. The van der Waals surface area contributed by atoms with E-state index in [1.54, 1.807) is 11.7 Å². The van der Waals surface area contributed by atoms with Crippen LogP contribution in [0.15, 0.2) is 29.1 Å². The zero-order chi connectivity index (χ0) is 17.3. The molecule has 2 heterocycles. The van der Waals surface area contributed by atoms with Gasteiger partial charge in [0.15, 0.2) is 5.65 Å². The Balaban J connectivity index is 1.90. The number of anilines is 1. The predicted molar refractivity (Wildman–Crippen MR) is 89.1 cm³/mol. The maximum absolute atomic E-state index is 14.0. The van der Waals surface area contributed by atoms with Crippen molar-refractivity contribution in [3.63, 3.8) is 0 Å². The van der Waals surface area contributed by atoms with Crippen molar-refractivity contribution >= 4 is 38.8 Å². The first-order valence-electron chi connectivity index (χ1n) is 6.95. The molecule has 0 amide bonds. The standard InChI is InChI=1S/C15H13BrFN5O2/c1-22-14-11(12(16)21-22)13(19-7-20-14)18-6-9-5-8(15(23)24-2)3-4-10(9)17/h3-5,7H,6H2,1-2H3,(H,18,19,20). The van der Waals surface area contributed by atoms with E-state index in [0.29, 0.717) is 27.0 Å². The van der Waals surface area contributed by atoms with Gasteiger partial charge in [0.05, 0.1) is 18.1 Å². The number of fused-ring (bicyclic) bond motifs is 1. The molecule has 0 aliphatic rings. The first-order chi connectivity index (χ1) is 11.5. The van der Waals surface area contributed by atoms with E-state index in [1.807, 2.05) is 0 Å². The van der Waals surface area contributed by atoms with Crippen molar-refractivity contribution in [2.24, 2.45) is 7.05 Å². The van der Waals surface area contributed by atoms with Gasteiger partial charge in [-0.05, 0) is 34.1 Å². The van der Waals surface area contributed by atoms with Crippen LogP contribution in [0.2, 0.25) is 0 Å². The lowest BCUT2D eigenvalue weighted by atomic mass is 10.1. The molecule has 1 aromatic carbocycles. The Morgan fingerprint density at radius 1 is 1.42 bits per heavy atom. The van der Waals surface area contributed by atoms with E-state index in [9.17, 15) is 9.18 Å². The van der Waals surface area contributed by atoms with Gasteiger partial charge in [-0.1, -0.05) is 0 Å². The number of methoxy groups -OCH3 is 1. The minimum absolute atomic E-state index is 0.143. The molecular formula is C15H13BrFN5O2. The molecule has 3 aromatic rings. The number of carbonyl (C=O) groups is 1. The number of nitrogens with zero attached hydrogens (tertiary/aromatic N) is 4. The number of hydrogen-bond donors (Lipinski definition) is 1. The Hall–Kier alpha value is -2.55. The number of aryl methyl sites for hydroxylation is 1. The summed E-state index contributed by atoms with van der Waals surface area (Å²) in [5, 5.41) is 7.98. The third kappa shape index (κ3) is 2.94. The summed E-state index contributed by atoms with van der Waals surface area (Å²) >= 11 is 3.36. The SMILES string of the molecule is COC(=O)c1ccc(F)c(CNc2ncnc3c2c(Br)nn3C)c1. The first-order valence-corrected chi connectivity index (χ1v) is 7.74. The number of aromatic nitrogens is 4. The zero-order valence-electron chi connectivity index (χ0n) is 12.9. The van der Waals surface area contributed by atoms with Crippen molar-refractivity contribution in [2.45, 2.75) is 6.54 Å². The topological polar surface area (TPSA) is 81.9 Å². The van der Waals surface area contributed by atoms with E-state index < -0.39 is 11.8 Å². The summed E-state index contributed by atoms with van der Waals surface area (Å²) in [5.74, 6) is -0.427. The summed E-state index contributed by atoms with van der Waals surface area (Å²) < 4.78 is 20.8. The van der Waals surface area contributed by atoms with Gasteiger partial charge < -0.3 is 10.1 Å². The van der Waals surface area contributed by atoms with Gasteiger partial charge in [0.2, 0.25) is 0 Å². The number of ether oxygens (including phenoxy) is 1. The Labute approximate surface area is 145 Å². The van der Waals surface area contributed by atoms with Crippen molar-refractivity contribution < 1.29 is 13.9 Å². The second-order valence-corrected chi connectivity index (χ2v) is 5.74. The van der Waals surface area contributed by atoms with Crippen molar-refractivity contribution in [3.05, 3.63) is 46.1 Å². The highest BCUT2D eigenvalue weighted by molar-refractivity contribution is 9.10. The van der Waals surface area contributed by atoms with E-state index in [-0.39, 0.29) is 12.1 Å². The van der Waals surface area contributed by atoms with Crippen LogP contribution in [-0.4, -0.2) is 32.8 Å². The van der Waals surface area contributed by atoms with Crippen LogP contribution >= 0.6 is 15.9 Å². The van der Waals surface area contributed by atoms with Gasteiger partial charge in [-0.15, -0.1) is 0 Å². The van der Waals surface area contributed by atoms with Gasteiger partial charge in [0, 0.05) is 19.2 Å². The van der Waals surface area contributed by atoms with Crippen LogP contribution in [0.4, 0.5) is 10.2 Å². The highest BCUT2D eigenvalue weighted by atomic mass is 79.9. The summed E-state index contributed by atoms with van der Waals surface area (Å²) in [7, 11) is 3.05. The molecule has 0 atom stereocenters. The average Bonchev–Trinajstić information content (AvgIpc) is 2.88. The molecular weight excluding hydrogens is 381 g/mol. The van der Waals surface area contributed by atoms with E-state index in [4.69, 9.17) is 0 Å². The van der Waals surface area contributed by atoms with E-state index >= 15 is 0 Å². The van der Waals surface area contributed by atoms with Gasteiger partial charge in [0.1, 0.15) is 22.6 Å². The Kier molecular flexibility index (Phi) is 4.43. The number of carbonyl (C=O) groups excluding carboxylic acids is 1. The number of hydrogen-bond acceptors (Lipinski definition) is 6. The molecule has 0 aliphatic heterocycles. The van der Waals surface area contributed by atoms with Crippen LogP contribution in [0.5, 0.6) is 0 Å². The van der Waals surface area contributed by atoms with Gasteiger partial charge in [-0.2, -0.15) is 5.10 Å². The summed E-state index contributed by atoms with van der Waals surface area (Å²) in [6.45, 7) is 0.143. The number of halogens is 2. The molecule has 0 unspecified atom stereocenters. The second-order valence-electron chi connectivity index (χ2n) is 4.99. The largest absolute Gasteiger partial charge is 0.465 e. The van der Waals surface area contributed by atoms with Crippen molar-refractivity contribution in [3.8, 4) is 0 Å². The molecule has 0 saturated carbocycles. The highest BCUT2D eigenvalue weighted by Gasteiger charge is 2.14. The maximum Gasteiger partial charge on any atom is 0.337 e. The van der Waals surface area contributed by atoms with Crippen molar-refractivity contribution in [1.29, 1.82) is 0 Å². The normalized spacial score (nSPS) is 10.8. The molecule has 0 fully saturated rings. The molecule has 124 valence electrons. The van der Waals surface area contributed by atoms with Crippen molar-refractivity contribution in [2.75, 3.05) is 12.4 Å². The lowest BCUT2D eigenvalue weighted by Gasteiger charge is -2.09. The third-order valence-electron chi connectivity index (χ3n) is 3.49. The molecule has 2 aromatic heterocycles. The van der Waals surface area contributed by atoms with Crippen molar-refractivity contribution in [1.82, 2.24) is 19.7 Å². The fraction of sp³-hybridized carbons (Fsp3) is 0.200. The fourth-order valence-corrected chi connectivity index (χ4v) is 2.91. The van der Waals surface area contributed by atoms with Crippen LogP contribution in [-0.2, 0) is 18.3 Å². The van der Waals surface area contributed by atoms with E-state index in [2.05, 4.69) is 41.1 Å². The maximum atomic E-state index is 14.0. The van der Waals surface area contributed by atoms with Crippen LogP contribution in [0.25, 0.3) is 11.0 Å². The van der Waals surface area contributed by atoms with Crippen LogP contribution in [0.1, 0.15) is 15.9 Å².